The second kappa shape index (κ2) is 5.24. The molecule has 0 heterocycles. The topological polar surface area (TPSA) is 55.2 Å². The van der Waals surface area contributed by atoms with Crippen molar-refractivity contribution in [3.8, 4) is 0 Å². The first kappa shape index (κ1) is 13.3. The van der Waals surface area contributed by atoms with Crippen molar-refractivity contribution in [1.82, 2.24) is 5.32 Å². The fourth-order valence-corrected chi connectivity index (χ4v) is 1.16. The van der Waals surface area contributed by atoms with Gasteiger partial charge in [0.15, 0.2) is 0 Å². The Bertz CT molecular complexity index is 233. The molecule has 0 saturated heterocycles. The summed E-state index contributed by atoms with van der Waals surface area (Å²) < 4.78 is 0. The lowest BCUT2D eigenvalue weighted by atomic mass is 9.88. The minimum atomic E-state index is -0.436. The van der Waals surface area contributed by atoms with Crippen molar-refractivity contribution in [3.63, 3.8) is 0 Å². The van der Waals surface area contributed by atoms with Crippen molar-refractivity contribution >= 4 is 11.8 Å². The summed E-state index contributed by atoms with van der Waals surface area (Å²) in [5.74, 6) is 0. The molecule has 0 aromatic rings. The lowest BCUT2D eigenvalue weighted by Gasteiger charge is -2.28. The SMILES string of the molecule is CSC(=C[N+](=O)[O-])NC(C)C(C)(C)C. The van der Waals surface area contributed by atoms with Crippen molar-refractivity contribution in [2.45, 2.75) is 33.7 Å². The van der Waals surface area contributed by atoms with Crippen LogP contribution in [0.25, 0.3) is 0 Å². The van der Waals surface area contributed by atoms with Gasteiger partial charge >= 0.3 is 0 Å². The first-order chi connectivity index (χ1) is 6.27. The number of thioether (sulfide) groups is 1. The van der Waals surface area contributed by atoms with E-state index in [0.717, 1.165) is 6.20 Å². The van der Waals surface area contributed by atoms with E-state index >= 15 is 0 Å². The Labute approximate surface area is 89.3 Å². The molecule has 82 valence electrons. The standard InChI is InChI=1S/C9H18N2O2S/c1-7(9(2,3)4)10-8(14-5)6-11(12)13/h6-7,10H,1-5H3. The van der Waals surface area contributed by atoms with Crippen molar-refractivity contribution < 1.29 is 4.92 Å². The molecule has 0 bridgehead atoms. The molecule has 0 saturated carbocycles. The summed E-state index contributed by atoms with van der Waals surface area (Å²) >= 11 is 1.35. The summed E-state index contributed by atoms with van der Waals surface area (Å²) in [5.41, 5.74) is 0.0887. The predicted molar refractivity (Wildman–Crippen MR) is 60.6 cm³/mol. The Morgan fingerprint density at radius 1 is 1.57 bits per heavy atom. The van der Waals surface area contributed by atoms with E-state index in [2.05, 4.69) is 26.1 Å². The van der Waals surface area contributed by atoms with Gasteiger partial charge in [-0.3, -0.25) is 10.1 Å². The Hall–Kier alpha value is -0.710. The molecule has 0 aliphatic carbocycles. The maximum atomic E-state index is 10.3. The van der Waals surface area contributed by atoms with Crippen LogP contribution in [0, 0.1) is 15.5 Å². The highest BCUT2D eigenvalue weighted by Crippen LogP contribution is 2.21. The monoisotopic (exact) mass is 218 g/mol. The summed E-state index contributed by atoms with van der Waals surface area (Å²) in [6, 6.07) is 0.196. The lowest BCUT2D eigenvalue weighted by Crippen LogP contribution is -2.36. The van der Waals surface area contributed by atoms with Gasteiger partial charge in [0.05, 0.1) is 4.92 Å². The molecule has 0 amide bonds. The van der Waals surface area contributed by atoms with Gasteiger partial charge in [0.1, 0.15) is 5.03 Å². The van der Waals surface area contributed by atoms with Crippen LogP contribution in [-0.4, -0.2) is 17.2 Å². The number of hydrogen-bond donors (Lipinski definition) is 1. The summed E-state index contributed by atoms with van der Waals surface area (Å²) in [7, 11) is 0. The maximum Gasteiger partial charge on any atom is 0.263 e. The third kappa shape index (κ3) is 5.11. The Morgan fingerprint density at radius 2 is 2.07 bits per heavy atom. The van der Waals surface area contributed by atoms with Crippen LogP contribution in [0.5, 0.6) is 0 Å². The fraction of sp³-hybridized carbons (Fsp3) is 0.778. The molecule has 0 radical (unpaired) electrons. The molecule has 5 heteroatoms. The second-order valence-corrected chi connectivity index (χ2v) is 5.06. The van der Waals surface area contributed by atoms with Crippen LogP contribution in [0.1, 0.15) is 27.7 Å². The summed E-state index contributed by atoms with van der Waals surface area (Å²) in [5, 5.41) is 14.0. The van der Waals surface area contributed by atoms with Gasteiger partial charge in [0.2, 0.25) is 0 Å². The second-order valence-electron chi connectivity index (χ2n) is 4.21. The molecular formula is C9H18N2O2S. The Kier molecular flexibility index (Phi) is 4.97. The summed E-state index contributed by atoms with van der Waals surface area (Å²) in [4.78, 5) is 9.84. The molecule has 0 fully saturated rings. The maximum absolute atomic E-state index is 10.3. The molecule has 0 spiro atoms. The summed E-state index contributed by atoms with van der Waals surface area (Å²) in [6.45, 7) is 8.29. The molecule has 0 aliphatic heterocycles. The van der Waals surface area contributed by atoms with E-state index < -0.39 is 4.92 Å². The Morgan fingerprint density at radius 3 is 2.36 bits per heavy atom. The molecular weight excluding hydrogens is 200 g/mol. The van der Waals surface area contributed by atoms with Crippen molar-refractivity contribution in [1.29, 1.82) is 0 Å². The quantitative estimate of drug-likeness (QED) is 0.581. The van der Waals surface area contributed by atoms with Crippen LogP contribution >= 0.6 is 11.8 Å². The van der Waals surface area contributed by atoms with Crippen LogP contribution in [0.4, 0.5) is 0 Å². The third-order valence-electron chi connectivity index (χ3n) is 2.10. The molecule has 1 atom stereocenters. The lowest BCUT2D eigenvalue weighted by molar-refractivity contribution is -0.403. The first-order valence-electron chi connectivity index (χ1n) is 4.43. The van der Waals surface area contributed by atoms with E-state index in [0.29, 0.717) is 5.03 Å². The number of nitrogens with one attached hydrogen (secondary N) is 1. The van der Waals surface area contributed by atoms with Gasteiger partial charge in [-0.25, -0.2) is 0 Å². The number of rotatable bonds is 4. The number of nitrogens with zero attached hydrogens (tertiary/aromatic N) is 1. The predicted octanol–water partition coefficient (Wildman–Crippen LogP) is 2.45. The highest BCUT2D eigenvalue weighted by Gasteiger charge is 2.20. The van der Waals surface area contributed by atoms with Crippen LogP contribution in [0.3, 0.4) is 0 Å². The van der Waals surface area contributed by atoms with E-state index in [1.54, 1.807) is 0 Å². The van der Waals surface area contributed by atoms with Crippen molar-refractivity contribution in [2.24, 2.45) is 5.41 Å². The van der Waals surface area contributed by atoms with Gasteiger partial charge in [0, 0.05) is 6.04 Å². The van der Waals surface area contributed by atoms with Crippen molar-refractivity contribution in [3.05, 3.63) is 21.3 Å². The number of nitro groups is 1. The molecule has 1 unspecified atom stereocenters. The highest BCUT2D eigenvalue weighted by atomic mass is 32.2. The van der Waals surface area contributed by atoms with Gasteiger partial charge in [0.25, 0.3) is 6.20 Å². The fourth-order valence-electron chi connectivity index (χ4n) is 0.675. The minimum absolute atomic E-state index is 0.0887. The van der Waals surface area contributed by atoms with E-state index in [4.69, 9.17) is 0 Å². The van der Waals surface area contributed by atoms with E-state index in [9.17, 15) is 10.1 Å². The summed E-state index contributed by atoms with van der Waals surface area (Å²) in [6.07, 6.45) is 2.82. The zero-order chi connectivity index (χ0) is 11.4. The molecule has 0 aromatic carbocycles. The Balaban J connectivity index is 4.41. The highest BCUT2D eigenvalue weighted by molar-refractivity contribution is 8.02. The van der Waals surface area contributed by atoms with Gasteiger partial charge in [-0.1, -0.05) is 20.8 Å². The van der Waals surface area contributed by atoms with Gasteiger partial charge in [-0.05, 0) is 18.6 Å². The van der Waals surface area contributed by atoms with Crippen LogP contribution < -0.4 is 5.32 Å². The van der Waals surface area contributed by atoms with Gasteiger partial charge in [-0.2, -0.15) is 0 Å². The largest absolute Gasteiger partial charge is 0.372 e. The van der Waals surface area contributed by atoms with E-state index in [-0.39, 0.29) is 11.5 Å². The van der Waals surface area contributed by atoms with Crippen LogP contribution in [0.2, 0.25) is 0 Å². The normalized spacial score (nSPS) is 15.1. The van der Waals surface area contributed by atoms with Crippen LogP contribution in [0.15, 0.2) is 11.2 Å². The average molecular weight is 218 g/mol. The zero-order valence-electron chi connectivity index (χ0n) is 9.33. The zero-order valence-corrected chi connectivity index (χ0v) is 10.1. The molecule has 0 aliphatic rings. The molecule has 0 aromatic heterocycles. The average Bonchev–Trinajstić information content (AvgIpc) is 2.00. The van der Waals surface area contributed by atoms with E-state index in [1.165, 1.54) is 11.8 Å². The van der Waals surface area contributed by atoms with E-state index in [1.807, 2.05) is 13.2 Å². The third-order valence-corrected chi connectivity index (χ3v) is 2.76. The van der Waals surface area contributed by atoms with Gasteiger partial charge in [-0.15, -0.1) is 11.8 Å². The smallest absolute Gasteiger partial charge is 0.263 e. The first-order valence-corrected chi connectivity index (χ1v) is 5.65. The number of hydrogen-bond acceptors (Lipinski definition) is 4. The molecule has 14 heavy (non-hydrogen) atoms. The molecule has 0 rings (SSSR count). The molecule has 4 nitrogen and oxygen atoms in total. The minimum Gasteiger partial charge on any atom is -0.372 e. The van der Waals surface area contributed by atoms with Crippen LogP contribution in [-0.2, 0) is 0 Å². The van der Waals surface area contributed by atoms with Crippen molar-refractivity contribution in [2.75, 3.05) is 6.26 Å². The van der Waals surface area contributed by atoms with Gasteiger partial charge < -0.3 is 5.32 Å². The molecule has 1 N–H and O–H groups in total.